The van der Waals surface area contributed by atoms with Crippen LogP contribution in [0.3, 0.4) is 0 Å². The predicted molar refractivity (Wildman–Crippen MR) is 92.6 cm³/mol. The monoisotopic (exact) mass is 334 g/mol. The van der Waals surface area contributed by atoms with Crippen molar-refractivity contribution in [2.75, 3.05) is 44.7 Å². The van der Waals surface area contributed by atoms with E-state index >= 15 is 0 Å². The standard InChI is InChI=1S/C17H23ClN4O/c1-17(2,13-19)20(3)16(23)12-21-8-10-22(11-9-21)15-7-5-4-6-14(15)18/h4-7H,8-12H2,1-3H3. The van der Waals surface area contributed by atoms with Crippen LogP contribution < -0.4 is 4.90 Å². The van der Waals surface area contributed by atoms with E-state index in [1.54, 1.807) is 20.9 Å². The van der Waals surface area contributed by atoms with Gasteiger partial charge < -0.3 is 9.80 Å². The highest BCUT2D eigenvalue weighted by molar-refractivity contribution is 6.33. The Morgan fingerprint density at radius 1 is 1.30 bits per heavy atom. The molecule has 0 bridgehead atoms. The number of piperazine rings is 1. The number of carbonyl (C=O) groups excluding carboxylic acids is 1. The summed E-state index contributed by atoms with van der Waals surface area (Å²) < 4.78 is 0. The van der Waals surface area contributed by atoms with E-state index in [-0.39, 0.29) is 5.91 Å². The van der Waals surface area contributed by atoms with Crippen molar-refractivity contribution in [2.45, 2.75) is 19.4 Å². The molecular formula is C17H23ClN4O. The summed E-state index contributed by atoms with van der Waals surface area (Å²) in [5.74, 6) is -0.0252. The third-order valence-corrected chi connectivity index (χ3v) is 4.73. The summed E-state index contributed by atoms with van der Waals surface area (Å²) >= 11 is 6.24. The Hall–Kier alpha value is -1.77. The second-order valence-corrected chi connectivity index (χ2v) is 6.75. The highest BCUT2D eigenvalue weighted by Gasteiger charge is 2.29. The molecule has 0 aliphatic carbocycles. The van der Waals surface area contributed by atoms with E-state index in [1.807, 2.05) is 24.3 Å². The Bertz CT molecular complexity index is 603. The maximum atomic E-state index is 12.3. The van der Waals surface area contributed by atoms with Crippen LogP contribution in [0.2, 0.25) is 5.02 Å². The Kier molecular flexibility index (Phi) is 5.51. The maximum Gasteiger partial charge on any atom is 0.237 e. The molecule has 1 fully saturated rings. The number of anilines is 1. The Morgan fingerprint density at radius 3 is 2.48 bits per heavy atom. The van der Waals surface area contributed by atoms with Gasteiger partial charge in [0.1, 0.15) is 5.54 Å². The summed E-state index contributed by atoms with van der Waals surface area (Å²) in [6, 6.07) is 9.98. The molecule has 5 nitrogen and oxygen atoms in total. The van der Waals surface area contributed by atoms with Gasteiger partial charge in [-0.2, -0.15) is 5.26 Å². The average Bonchev–Trinajstić information content (AvgIpc) is 2.55. The summed E-state index contributed by atoms with van der Waals surface area (Å²) in [5.41, 5.74) is 0.263. The van der Waals surface area contributed by atoms with Gasteiger partial charge in [-0.25, -0.2) is 0 Å². The lowest BCUT2D eigenvalue weighted by Crippen LogP contribution is -2.52. The van der Waals surface area contributed by atoms with Crippen LogP contribution in [-0.4, -0.2) is 61.0 Å². The largest absolute Gasteiger partial charge is 0.368 e. The Morgan fingerprint density at radius 2 is 1.91 bits per heavy atom. The molecule has 0 radical (unpaired) electrons. The van der Waals surface area contributed by atoms with E-state index in [2.05, 4.69) is 15.9 Å². The number of nitriles is 1. The quantitative estimate of drug-likeness (QED) is 0.847. The van der Waals surface area contributed by atoms with E-state index in [0.717, 1.165) is 36.9 Å². The zero-order valence-electron chi connectivity index (χ0n) is 13.9. The second kappa shape index (κ2) is 7.20. The first-order valence-electron chi connectivity index (χ1n) is 7.75. The first kappa shape index (κ1) is 17.6. The number of hydrogen-bond acceptors (Lipinski definition) is 4. The van der Waals surface area contributed by atoms with Crippen molar-refractivity contribution >= 4 is 23.2 Å². The molecule has 1 aliphatic rings. The van der Waals surface area contributed by atoms with Crippen molar-refractivity contribution in [1.82, 2.24) is 9.80 Å². The van der Waals surface area contributed by atoms with Crippen molar-refractivity contribution < 1.29 is 4.79 Å². The molecule has 1 saturated heterocycles. The molecular weight excluding hydrogens is 312 g/mol. The molecule has 0 aromatic heterocycles. The van der Waals surface area contributed by atoms with E-state index in [0.29, 0.717) is 6.54 Å². The van der Waals surface area contributed by atoms with Crippen LogP contribution >= 0.6 is 11.6 Å². The first-order valence-corrected chi connectivity index (χ1v) is 8.12. The van der Waals surface area contributed by atoms with Crippen LogP contribution in [0.25, 0.3) is 0 Å². The van der Waals surface area contributed by atoms with Crippen LogP contribution in [0.4, 0.5) is 5.69 Å². The minimum atomic E-state index is -0.781. The van der Waals surface area contributed by atoms with Crippen LogP contribution in [0.1, 0.15) is 13.8 Å². The van der Waals surface area contributed by atoms with Crippen LogP contribution in [0.15, 0.2) is 24.3 Å². The van der Waals surface area contributed by atoms with E-state index in [1.165, 1.54) is 4.90 Å². The molecule has 2 rings (SSSR count). The van der Waals surface area contributed by atoms with Gasteiger partial charge in [0.15, 0.2) is 0 Å². The van der Waals surface area contributed by atoms with E-state index in [4.69, 9.17) is 16.9 Å². The molecule has 124 valence electrons. The number of nitrogens with zero attached hydrogens (tertiary/aromatic N) is 4. The topological polar surface area (TPSA) is 50.6 Å². The molecule has 1 aromatic rings. The maximum absolute atomic E-state index is 12.3. The molecule has 0 saturated carbocycles. The van der Waals surface area contributed by atoms with Gasteiger partial charge in [-0.15, -0.1) is 0 Å². The number of rotatable bonds is 4. The molecule has 0 spiro atoms. The average molecular weight is 335 g/mol. The summed E-state index contributed by atoms with van der Waals surface area (Å²) in [6.07, 6.45) is 0. The predicted octanol–water partition coefficient (Wildman–Crippen LogP) is 2.22. The SMILES string of the molecule is CN(C(=O)CN1CCN(c2ccccc2Cl)CC1)C(C)(C)C#N. The zero-order chi connectivity index (χ0) is 17.0. The number of hydrogen-bond donors (Lipinski definition) is 0. The normalized spacial score (nSPS) is 16.0. The second-order valence-electron chi connectivity index (χ2n) is 6.34. The van der Waals surface area contributed by atoms with Crippen molar-refractivity contribution in [3.05, 3.63) is 29.3 Å². The minimum Gasteiger partial charge on any atom is -0.368 e. The van der Waals surface area contributed by atoms with Crippen LogP contribution in [0, 0.1) is 11.3 Å². The lowest BCUT2D eigenvalue weighted by molar-refractivity contribution is -0.134. The van der Waals surface area contributed by atoms with Crippen LogP contribution in [0.5, 0.6) is 0 Å². The van der Waals surface area contributed by atoms with Crippen molar-refractivity contribution in [1.29, 1.82) is 5.26 Å². The summed E-state index contributed by atoms with van der Waals surface area (Å²) in [7, 11) is 1.69. The molecule has 1 amide bonds. The van der Waals surface area contributed by atoms with Gasteiger partial charge in [-0.3, -0.25) is 9.69 Å². The lowest BCUT2D eigenvalue weighted by atomic mass is 10.1. The molecule has 0 N–H and O–H groups in total. The Balaban J connectivity index is 1.89. The van der Waals surface area contributed by atoms with Crippen molar-refractivity contribution in [3.8, 4) is 6.07 Å². The Labute approximate surface area is 143 Å². The summed E-state index contributed by atoms with van der Waals surface area (Å²) in [4.78, 5) is 18.2. The molecule has 23 heavy (non-hydrogen) atoms. The fourth-order valence-corrected chi connectivity index (χ4v) is 2.79. The molecule has 0 atom stereocenters. The van der Waals surface area contributed by atoms with E-state index in [9.17, 15) is 4.79 Å². The fourth-order valence-electron chi connectivity index (χ4n) is 2.54. The summed E-state index contributed by atoms with van der Waals surface area (Å²) in [6.45, 7) is 7.12. The van der Waals surface area contributed by atoms with Crippen molar-refractivity contribution in [2.24, 2.45) is 0 Å². The highest BCUT2D eigenvalue weighted by atomic mass is 35.5. The van der Waals surface area contributed by atoms with Gasteiger partial charge in [0, 0.05) is 33.2 Å². The van der Waals surface area contributed by atoms with Gasteiger partial charge in [0.05, 0.1) is 23.3 Å². The smallest absolute Gasteiger partial charge is 0.237 e. The van der Waals surface area contributed by atoms with Gasteiger partial charge in [0.25, 0.3) is 0 Å². The molecule has 1 aromatic carbocycles. The van der Waals surface area contributed by atoms with E-state index < -0.39 is 5.54 Å². The third-order valence-electron chi connectivity index (χ3n) is 4.41. The van der Waals surface area contributed by atoms with Gasteiger partial charge in [0.2, 0.25) is 5.91 Å². The molecule has 6 heteroatoms. The third kappa shape index (κ3) is 4.15. The minimum absolute atomic E-state index is 0.0252. The highest BCUT2D eigenvalue weighted by Crippen LogP contribution is 2.26. The number of benzene rings is 1. The first-order chi connectivity index (χ1) is 10.8. The number of para-hydroxylation sites is 1. The summed E-state index contributed by atoms with van der Waals surface area (Å²) in [5, 5.41) is 9.89. The van der Waals surface area contributed by atoms with Gasteiger partial charge >= 0.3 is 0 Å². The number of likely N-dealkylation sites (N-methyl/N-ethyl adjacent to an activating group) is 1. The number of halogens is 1. The number of carbonyl (C=O) groups is 1. The van der Waals surface area contributed by atoms with Crippen LogP contribution in [-0.2, 0) is 4.79 Å². The fraction of sp³-hybridized carbons (Fsp3) is 0.529. The van der Waals surface area contributed by atoms with Crippen molar-refractivity contribution in [3.63, 3.8) is 0 Å². The molecule has 1 aliphatic heterocycles. The zero-order valence-corrected chi connectivity index (χ0v) is 14.7. The molecule has 1 heterocycles. The van der Waals surface area contributed by atoms with Gasteiger partial charge in [-0.05, 0) is 26.0 Å². The number of amides is 1. The molecule has 0 unspecified atom stereocenters. The lowest BCUT2D eigenvalue weighted by Gasteiger charge is -2.37. The van der Waals surface area contributed by atoms with Gasteiger partial charge in [-0.1, -0.05) is 23.7 Å².